The zero-order valence-corrected chi connectivity index (χ0v) is 12.6. The molecule has 2 aromatic rings. The number of hydrogen-bond donors (Lipinski definition) is 2. The fourth-order valence-corrected chi connectivity index (χ4v) is 3.02. The third-order valence-corrected chi connectivity index (χ3v) is 4.36. The van der Waals surface area contributed by atoms with Gasteiger partial charge in [-0.1, -0.05) is 29.4 Å². The summed E-state index contributed by atoms with van der Waals surface area (Å²) in [6.07, 6.45) is 0. The predicted octanol–water partition coefficient (Wildman–Crippen LogP) is 2.99. The molecule has 0 aliphatic heterocycles. The van der Waals surface area contributed by atoms with Crippen LogP contribution in [-0.4, -0.2) is 19.3 Å². The van der Waals surface area contributed by atoms with Crippen LogP contribution in [0, 0.1) is 6.92 Å². The standard InChI is InChI=1S/C15H16N2O3S/c1-11-5-3-8-15(9-11)21(19,20)17-14-7-4-6-13(10-14)12(2)16-18/h3-10,17-18H,1-2H3/b16-12+. The number of anilines is 1. The third kappa shape index (κ3) is 3.61. The molecule has 0 atom stereocenters. The molecule has 0 amide bonds. The minimum atomic E-state index is -3.64. The van der Waals surface area contributed by atoms with Crippen LogP contribution < -0.4 is 4.72 Å². The summed E-state index contributed by atoms with van der Waals surface area (Å²) in [4.78, 5) is 0.209. The Morgan fingerprint density at radius 2 is 1.86 bits per heavy atom. The lowest BCUT2D eigenvalue weighted by molar-refractivity contribution is 0.319. The summed E-state index contributed by atoms with van der Waals surface area (Å²) in [5.41, 5.74) is 2.33. The van der Waals surface area contributed by atoms with E-state index in [0.29, 0.717) is 17.0 Å². The summed E-state index contributed by atoms with van der Waals surface area (Å²) in [5, 5.41) is 11.9. The predicted molar refractivity (Wildman–Crippen MR) is 82.4 cm³/mol. The molecule has 0 aliphatic rings. The second-order valence-electron chi connectivity index (χ2n) is 4.69. The Morgan fingerprint density at radius 1 is 1.14 bits per heavy atom. The highest BCUT2D eigenvalue weighted by atomic mass is 32.2. The van der Waals surface area contributed by atoms with Gasteiger partial charge < -0.3 is 5.21 Å². The molecule has 5 nitrogen and oxygen atoms in total. The molecule has 0 aromatic heterocycles. The van der Waals surface area contributed by atoms with Crippen LogP contribution in [0.3, 0.4) is 0 Å². The van der Waals surface area contributed by atoms with Crippen LogP contribution >= 0.6 is 0 Å². The zero-order chi connectivity index (χ0) is 15.5. The smallest absolute Gasteiger partial charge is 0.261 e. The molecule has 0 radical (unpaired) electrons. The molecule has 110 valence electrons. The third-order valence-electron chi connectivity index (χ3n) is 2.98. The number of nitrogens with one attached hydrogen (secondary N) is 1. The Morgan fingerprint density at radius 3 is 2.52 bits per heavy atom. The van der Waals surface area contributed by atoms with Crippen molar-refractivity contribution in [1.82, 2.24) is 0 Å². The Labute approximate surface area is 124 Å². The second-order valence-corrected chi connectivity index (χ2v) is 6.37. The number of hydrogen-bond acceptors (Lipinski definition) is 4. The Bertz CT molecular complexity index is 783. The van der Waals surface area contributed by atoms with Crippen LogP contribution in [0.2, 0.25) is 0 Å². The first-order valence-electron chi connectivity index (χ1n) is 6.31. The summed E-state index contributed by atoms with van der Waals surface area (Å²) in [7, 11) is -3.64. The van der Waals surface area contributed by atoms with Crippen molar-refractivity contribution < 1.29 is 13.6 Å². The van der Waals surface area contributed by atoms with Crippen molar-refractivity contribution in [2.24, 2.45) is 5.16 Å². The second kappa shape index (κ2) is 5.97. The van der Waals surface area contributed by atoms with E-state index in [9.17, 15) is 8.42 Å². The van der Waals surface area contributed by atoms with E-state index in [1.54, 1.807) is 49.4 Å². The van der Waals surface area contributed by atoms with E-state index < -0.39 is 10.0 Å². The lowest BCUT2D eigenvalue weighted by Gasteiger charge is -2.09. The van der Waals surface area contributed by atoms with Crippen molar-refractivity contribution in [1.29, 1.82) is 0 Å². The van der Waals surface area contributed by atoms with Crippen molar-refractivity contribution in [3.8, 4) is 0 Å². The molecule has 0 heterocycles. The molecule has 6 heteroatoms. The topological polar surface area (TPSA) is 78.8 Å². The van der Waals surface area contributed by atoms with Gasteiger partial charge in [0.1, 0.15) is 0 Å². The largest absolute Gasteiger partial charge is 0.411 e. The van der Waals surface area contributed by atoms with Crippen molar-refractivity contribution >= 4 is 21.4 Å². The average Bonchev–Trinajstić information content (AvgIpc) is 2.46. The molecule has 0 fully saturated rings. The molecule has 0 saturated carbocycles. The SMILES string of the molecule is C/C(=N\O)c1cccc(NS(=O)(=O)c2cccc(C)c2)c1. The van der Waals surface area contributed by atoms with Gasteiger partial charge in [0, 0.05) is 11.3 Å². The van der Waals surface area contributed by atoms with E-state index in [2.05, 4.69) is 9.88 Å². The number of benzene rings is 2. The van der Waals surface area contributed by atoms with E-state index in [1.807, 2.05) is 13.0 Å². The van der Waals surface area contributed by atoms with Gasteiger partial charge in [-0.3, -0.25) is 4.72 Å². The average molecular weight is 304 g/mol. The normalized spacial score (nSPS) is 12.2. The maximum Gasteiger partial charge on any atom is 0.261 e. The lowest BCUT2D eigenvalue weighted by Crippen LogP contribution is -2.13. The van der Waals surface area contributed by atoms with Crippen molar-refractivity contribution in [2.75, 3.05) is 4.72 Å². The van der Waals surface area contributed by atoms with Crippen LogP contribution in [0.5, 0.6) is 0 Å². The molecule has 0 bridgehead atoms. The van der Waals surface area contributed by atoms with Crippen LogP contribution in [0.15, 0.2) is 58.6 Å². The first kappa shape index (κ1) is 15.1. The summed E-state index contributed by atoms with van der Waals surface area (Å²) in [6.45, 7) is 3.47. The first-order chi connectivity index (χ1) is 9.92. The molecular formula is C15H16N2O3S. The van der Waals surface area contributed by atoms with Gasteiger partial charge in [0.2, 0.25) is 0 Å². The number of sulfonamides is 1. The molecule has 21 heavy (non-hydrogen) atoms. The maximum atomic E-state index is 12.3. The van der Waals surface area contributed by atoms with Crippen molar-refractivity contribution in [2.45, 2.75) is 18.7 Å². The molecule has 2 rings (SSSR count). The zero-order valence-electron chi connectivity index (χ0n) is 11.7. The van der Waals surface area contributed by atoms with Gasteiger partial charge in [-0.25, -0.2) is 8.42 Å². The van der Waals surface area contributed by atoms with E-state index in [4.69, 9.17) is 5.21 Å². The number of rotatable bonds is 4. The van der Waals surface area contributed by atoms with Crippen LogP contribution in [-0.2, 0) is 10.0 Å². The molecule has 2 N–H and O–H groups in total. The highest BCUT2D eigenvalue weighted by Gasteiger charge is 2.14. The summed E-state index contributed by atoms with van der Waals surface area (Å²) >= 11 is 0. The van der Waals surface area contributed by atoms with E-state index in [0.717, 1.165) is 5.56 Å². The lowest BCUT2D eigenvalue weighted by atomic mass is 10.1. The number of oxime groups is 1. The fourth-order valence-electron chi connectivity index (χ4n) is 1.86. The summed E-state index contributed by atoms with van der Waals surface area (Å²) < 4.78 is 27.1. The molecular weight excluding hydrogens is 288 g/mol. The Kier molecular flexibility index (Phi) is 4.28. The van der Waals surface area contributed by atoms with Gasteiger partial charge in [0.15, 0.2) is 0 Å². The van der Waals surface area contributed by atoms with Gasteiger partial charge in [-0.15, -0.1) is 0 Å². The minimum absolute atomic E-state index is 0.209. The van der Waals surface area contributed by atoms with Crippen LogP contribution in [0.25, 0.3) is 0 Å². The van der Waals surface area contributed by atoms with Gasteiger partial charge >= 0.3 is 0 Å². The highest BCUT2D eigenvalue weighted by Crippen LogP contribution is 2.18. The van der Waals surface area contributed by atoms with Gasteiger partial charge in [0.25, 0.3) is 10.0 Å². The van der Waals surface area contributed by atoms with Gasteiger partial charge in [-0.05, 0) is 43.7 Å². The molecule has 0 unspecified atom stereocenters. The summed E-state index contributed by atoms with van der Waals surface area (Å²) in [5.74, 6) is 0. The molecule has 0 aliphatic carbocycles. The summed E-state index contributed by atoms with van der Waals surface area (Å²) in [6, 6.07) is 13.4. The monoisotopic (exact) mass is 304 g/mol. The number of nitrogens with zero attached hydrogens (tertiary/aromatic N) is 1. The quantitative estimate of drug-likeness (QED) is 0.518. The molecule has 2 aromatic carbocycles. The van der Waals surface area contributed by atoms with E-state index >= 15 is 0 Å². The first-order valence-corrected chi connectivity index (χ1v) is 7.79. The van der Waals surface area contributed by atoms with E-state index in [-0.39, 0.29) is 4.90 Å². The number of aryl methyl sites for hydroxylation is 1. The molecule has 0 spiro atoms. The molecule has 0 saturated heterocycles. The van der Waals surface area contributed by atoms with Crippen LogP contribution in [0.1, 0.15) is 18.1 Å². The van der Waals surface area contributed by atoms with E-state index in [1.165, 1.54) is 0 Å². The van der Waals surface area contributed by atoms with Crippen LogP contribution in [0.4, 0.5) is 5.69 Å². The van der Waals surface area contributed by atoms with Crippen molar-refractivity contribution in [3.63, 3.8) is 0 Å². The Balaban J connectivity index is 2.33. The van der Waals surface area contributed by atoms with Crippen molar-refractivity contribution in [3.05, 3.63) is 59.7 Å². The maximum absolute atomic E-state index is 12.3. The fraction of sp³-hybridized carbons (Fsp3) is 0.133. The Hall–Kier alpha value is -2.34. The van der Waals surface area contributed by atoms with Gasteiger partial charge in [-0.2, -0.15) is 0 Å². The van der Waals surface area contributed by atoms with Gasteiger partial charge in [0.05, 0.1) is 10.6 Å². The minimum Gasteiger partial charge on any atom is -0.411 e. The highest BCUT2D eigenvalue weighted by molar-refractivity contribution is 7.92.